The highest BCUT2D eigenvalue weighted by Gasteiger charge is 2.26. The molecule has 128 valence electrons. The van der Waals surface area contributed by atoms with Crippen LogP contribution in [0.15, 0.2) is 48.8 Å². The van der Waals surface area contributed by atoms with Crippen molar-refractivity contribution in [3.63, 3.8) is 0 Å². The Balaban J connectivity index is 1.36. The molecule has 0 radical (unpaired) electrons. The van der Waals surface area contributed by atoms with Gasteiger partial charge in [0.15, 0.2) is 0 Å². The van der Waals surface area contributed by atoms with Crippen molar-refractivity contribution < 1.29 is 4.79 Å². The number of aromatic nitrogens is 2. The summed E-state index contributed by atoms with van der Waals surface area (Å²) in [6, 6.07) is 12.8. The summed E-state index contributed by atoms with van der Waals surface area (Å²) in [5.74, 6) is 0.135. The van der Waals surface area contributed by atoms with Gasteiger partial charge in [-0.3, -0.25) is 14.4 Å². The summed E-state index contributed by atoms with van der Waals surface area (Å²) < 4.78 is 1.96. The van der Waals surface area contributed by atoms with E-state index in [1.165, 1.54) is 5.56 Å². The molecule has 1 amide bonds. The Morgan fingerprint density at radius 3 is 2.92 bits per heavy atom. The Labute approximate surface area is 143 Å². The van der Waals surface area contributed by atoms with E-state index in [2.05, 4.69) is 39.6 Å². The molecule has 2 aromatic rings. The third-order valence-corrected chi connectivity index (χ3v) is 4.61. The van der Waals surface area contributed by atoms with Gasteiger partial charge >= 0.3 is 0 Å². The van der Waals surface area contributed by atoms with Gasteiger partial charge in [-0.1, -0.05) is 30.3 Å². The standard InChI is InChI=1S/C19H26N4O/c24-19(20-11-4-9-17-7-2-1-3-8-17)16-22-13-5-10-18(22)15-23-14-6-12-21-23/h1-3,6-8,12,14,18H,4-5,9-11,13,15-16H2,(H,20,24)/t18-/m1/s1. The number of hydrogen-bond donors (Lipinski definition) is 1. The van der Waals surface area contributed by atoms with E-state index in [4.69, 9.17) is 0 Å². The molecule has 0 unspecified atom stereocenters. The van der Waals surface area contributed by atoms with Gasteiger partial charge in [0.05, 0.1) is 13.1 Å². The smallest absolute Gasteiger partial charge is 0.234 e. The van der Waals surface area contributed by atoms with E-state index in [0.717, 1.165) is 45.3 Å². The van der Waals surface area contributed by atoms with E-state index >= 15 is 0 Å². The molecule has 0 aliphatic carbocycles. The van der Waals surface area contributed by atoms with E-state index < -0.39 is 0 Å². The number of likely N-dealkylation sites (tertiary alicyclic amines) is 1. The molecule has 1 fully saturated rings. The van der Waals surface area contributed by atoms with Gasteiger partial charge in [0.25, 0.3) is 0 Å². The summed E-state index contributed by atoms with van der Waals surface area (Å²) in [6.07, 6.45) is 8.08. The SMILES string of the molecule is O=C(CN1CCC[C@@H]1Cn1cccn1)NCCCc1ccccc1. The van der Waals surface area contributed by atoms with Gasteiger partial charge in [-0.05, 0) is 43.9 Å². The number of aryl methyl sites for hydroxylation is 1. The van der Waals surface area contributed by atoms with Crippen LogP contribution in [0, 0.1) is 0 Å². The van der Waals surface area contributed by atoms with Crippen molar-refractivity contribution >= 4 is 5.91 Å². The molecular formula is C19H26N4O. The number of nitrogens with zero attached hydrogens (tertiary/aromatic N) is 3. The van der Waals surface area contributed by atoms with Crippen LogP contribution in [-0.4, -0.2) is 46.3 Å². The zero-order valence-electron chi connectivity index (χ0n) is 14.1. The molecule has 0 saturated carbocycles. The molecule has 1 N–H and O–H groups in total. The molecule has 3 rings (SSSR count). The summed E-state index contributed by atoms with van der Waals surface area (Å²) in [7, 11) is 0. The number of amides is 1. The molecule has 1 aromatic carbocycles. The number of hydrogen-bond acceptors (Lipinski definition) is 3. The van der Waals surface area contributed by atoms with Crippen LogP contribution in [-0.2, 0) is 17.8 Å². The van der Waals surface area contributed by atoms with Gasteiger partial charge in [-0.2, -0.15) is 5.10 Å². The minimum atomic E-state index is 0.135. The van der Waals surface area contributed by atoms with Crippen LogP contribution in [0.25, 0.3) is 0 Å². The first kappa shape index (κ1) is 16.7. The van der Waals surface area contributed by atoms with Crippen LogP contribution in [0.3, 0.4) is 0 Å². The molecular weight excluding hydrogens is 300 g/mol. The van der Waals surface area contributed by atoms with Crippen molar-refractivity contribution in [3.05, 3.63) is 54.4 Å². The largest absolute Gasteiger partial charge is 0.355 e. The highest BCUT2D eigenvalue weighted by molar-refractivity contribution is 5.78. The van der Waals surface area contributed by atoms with E-state index in [1.54, 1.807) is 6.20 Å². The highest BCUT2D eigenvalue weighted by Crippen LogP contribution is 2.18. The molecule has 5 heteroatoms. The van der Waals surface area contributed by atoms with Crippen LogP contribution in [0.5, 0.6) is 0 Å². The summed E-state index contributed by atoms with van der Waals surface area (Å²) in [6.45, 7) is 3.11. The van der Waals surface area contributed by atoms with Crippen LogP contribution < -0.4 is 5.32 Å². The van der Waals surface area contributed by atoms with Crippen LogP contribution >= 0.6 is 0 Å². The van der Waals surface area contributed by atoms with E-state index in [9.17, 15) is 4.79 Å². The number of carbonyl (C=O) groups excluding carboxylic acids is 1. The number of carbonyl (C=O) groups is 1. The molecule has 1 saturated heterocycles. The first-order valence-corrected chi connectivity index (χ1v) is 8.83. The molecule has 1 atom stereocenters. The molecule has 5 nitrogen and oxygen atoms in total. The second-order valence-electron chi connectivity index (χ2n) is 6.43. The molecule has 0 spiro atoms. The topological polar surface area (TPSA) is 50.2 Å². The maximum Gasteiger partial charge on any atom is 0.234 e. The minimum Gasteiger partial charge on any atom is -0.355 e. The Morgan fingerprint density at radius 2 is 2.12 bits per heavy atom. The first-order valence-electron chi connectivity index (χ1n) is 8.83. The monoisotopic (exact) mass is 326 g/mol. The third-order valence-electron chi connectivity index (χ3n) is 4.61. The summed E-state index contributed by atoms with van der Waals surface area (Å²) in [5, 5.41) is 7.33. The van der Waals surface area contributed by atoms with Crippen LogP contribution in [0.4, 0.5) is 0 Å². The third kappa shape index (κ3) is 4.93. The Kier molecular flexibility index (Phi) is 6.01. The average Bonchev–Trinajstić information content (AvgIpc) is 3.26. The summed E-state index contributed by atoms with van der Waals surface area (Å²) in [4.78, 5) is 14.5. The van der Waals surface area contributed by atoms with Crippen LogP contribution in [0.2, 0.25) is 0 Å². The predicted octanol–water partition coefficient (Wildman–Crippen LogP) is 2.10. The Hall–Kier alpha value is -2.14. The second kappa shape index (κ2) is 8.64. The van der Waals surface area contributed by atoms with Crippen molar-refractivity contribution in [3.8, 4) is 0 Å². The number of nitrogens with one attached hydrogen (secondary N) is 1. The molecule has 1 aromatic heterocycles. The average molecular weight is 326 g/mol. The zero-order valence-corrected chi connectivity index (χ0v) is 14.1. The fraction of sp³-hybridized carbons (Fsp3) is 0.474. The fourth-order valence-electron chi connectivity index (χ4n) is 3.34. The summed E-state index contributed by atoms with van der Waals surface area (Å²) in [5.41, 5.74) is 1.32. The fourth-order valence-corrected chi connectivity index (χ4v) is 3.34. The van der Waals surface area contributed by atoms with Gasteiger partial charge < -0.3 is 5.32 Å². The first-order chi connectivity index (χ1) is 11.8. The number of rotatable bonds is 8. The predicted molar refractivity (Wildman–Crippen MR) is 94.6 cm³/mol. The van der Waals surface area contributed by atoms with Crippen molar-refractivity contribution in [1.82, 2.24) is 20.0 Å². The molecule has 0 bridgehead atoms. The quantitative estimate of drug-likeness (QED) is 0.756. The van der Waals surface area contributed by atoms with Gasteiger partial charge in [-0.15, -0.1) is 0 Å². The van der Waals surface area contributed by atoms with Gasteiger partial charge in [0, 0.05) is 25.0 Å². The number of benzene rings is 1. The zero-order chi connectivity index (χ0) is 16.6. The van der Waals surface area contributed by atoms with Crippen molar-refractivity contribution in [1.29, 1.82) is 0 Å². The lowest BCUT2D eigenvalue weighted by molar-refractivity contribution is -0.122. The van der Waals surface area contributed by atoms with Crippen molar-refractivity contribution in [2.45, 2.75) is 38.3 Å². The van der Waals surface area contributed by atoms with Crippen LogP contribution in [0.1, 0.15) is 24.8 Å². The molecule has 2 heterocycles. The lowest BCUT2D eigenvalue weighted by atomic mass is 10.1. The van der Waals surface area contributed by atoms with Crippen molar-refractivity contribution in [2.24, 2.45) is 0 Å². The Bertz CT molecular complexity index is 612. The molecule has 24 heavy (non-hydrogen) atoms. The maximum atomic E-state index is 12.2. The van der Waals surface area contributed by atoms with E-state index in [1.807, 2.05) is 23.0 Å². The van der Waals surface area contributed by atoms with E-state index in [0.29, 0.717) is 12.6 Å². The second-order valence-corrected chi connectivity index (χ2v) is 6.43. The highest BCUT2D eigenvalue weighted by atomic mass is 16.2. The van der Waals surface area contributed by atoms with Gasteiger partial charge in [-0.25, -0.2) is 0 Å². The van der Waals surface area contributed by atoms with Crippen molar-refractivity contribution in [2.75, 3.05) is 19.6 Å². The normalized spacial score (nSPS) is 17.9. The lowest BCUT2D eigenvalue weighted by Gasteiger charge is -2.23. The Morgan fingerprint density at radius 1 is 1.25 bits per heavy atom. The van der Waals surface area contributed by atoms with Gasteiger partial charge in [0.2, 0.25) is 5.91 Å². The maximum absolute atomic E-state index is 12.2. The minimum absolute atomic E-state index is 0.135. The van der Waals surface area contributed by atoms with Gasteiger partial charge in [0.1, 0.15) is 0 Å². The summed E-state index contributed by atoms with van der Waals surface area (Å²) >= 11 is 0. The molecule has 1 aliphatic rings. The van der Waals surface area contributed by atoms with E-state index in [-0.39, 0.29) is 5.91 Å². The molecule has 1 aliphatic heterocycles. The lowest BCUT2D eigenvalue weighted by Crippen LogP contribution is -2.41.